The first-order valence-electron chi connectivity index (χ1n) is 34.0. The summed E-state index contributed by atoms with van der Waals surface area (Å²) in [6.07, 6.45) is 23.7. The van der Waals surface area contributed by atoms with Gasteiger partial charge in [0.1, 0.15) is 11.4 Å². The Labute approximate surface area is 495 Å². The number of ketones is 1. The normalized spacial score (nSPS) is 67.7. The summed E-state index contributed by atoms with van der Waals surface area (Å²) in [5, 5.41) is 78.1. The van der Waals surface area contributed by atoms with Crippen LogP contribution < -0.4 is 0 Å². The fourth-order valence-corrected chi connectivity index (χ4v) is 29.5. The van der Waals surface area contributed by atoms with Crippen molar-refractivity contribution >= 4 is 35.7 Å². The zero-order valence-corrected chi connectivity index (χ0v) is 52.1. The molecule has 35 atom stereocenters. The average molecular weight is 1220 g/mol. The molecule has 0 aromatic carbocycles. The van der Waals surface area contributed by atoms with Crippen LogP contribution in [0.5, 0.6) is 0 Å². The minimum Gasteiger partial charge on any atom is -0.458 e. The van der Waals surface area contributed by atoms with Gasteiger partial charge in [-0.2, -0.15) is 0 Å². The summed E-state index contributed by atoms with van der Waals surface area (Å²) in [7, 11) is 0. The Balaban J connectivity index is 0.0000000992. The Morgan fingerprint density at radius 1 is 0.450 bits per heavy atom. The smallest absolute Gasteiger partial charge is 0.306 e. The number of fused-ring (bicyclic) bond motifs is 32. The number of hydrogen-bond acceptors (Lipinski definition) is 10. The van der Waals surface area contributed by atoms with Crippen LogP contribution in [-0.2, 0) is 14.3 Å². The number of aliphatic hydroxyl groups excluding tert-OH is 3. The summed E-state index contributed by atoms with van der Waals surface area (Å²) in [6.45, 7) is 16.4. The van der Waals surface area contributed by atoms with Crippen LogP contribution in [0.3, 0.4) is 0 Å². The highest BCUT2D eigenvalue weighted by molar-refractivity contribution is 14.0. The monoisotopic (exact) mass is 1220 g/mol. The Kier molecular flexibility index (Phi) is 11.3. The van der Waals surface area contributed by atoms with Crippen LogP contribution in [0.1, 0.15) is 209 Å². The molecule has 19 rings (SSSR count). The SMILES string of the molecule is CCC[C@]1(O)[C@H]2C[C@H]2C2C3C(CC[C@@]21C)[C@@]1(C)CC[C@H](O)C[C@@]1(O)[C@@H]1C[C@H]31.C[C@]12CCC3C(C1[C@@H]1C[C@@H]1C2=O)[C@H]1C[C@H]1[C@]1(O)C[C@@H](O)CC[C@]31C.C[C@]12CCC3C(C1[C@@H]1C[C@@H]1[C@@]21CCC(=O)O1)[C@H]1C[C@H]1[C@]1(O)C[C@@H](O)CC[C@]31C.I. The van der Waals surface area contributed by atoms with E-state index in [-0.39, 0.29) is 86.3 Å². The van der Waals surface area contributed by atoms with Gasteiger partial charge in [-0.25, -0.2) is 0 Å². The molecule has 19 fully saturated rings. The second-order valence-electron chi connectivity index (χ2n) is 35.2. The Morgan fingerprint density at radius 2 is 0.863 bits per heavy atom. The maximum atomic E-state index is 12.9. The number of carbonyl (C=O) groups is 2. The number of carbonyl (C=O) groups excluding carboxylic acids is 2. The summed E-state index contributed by atoms with van der Waals surface area (Å²) in [5.41, 5.74) is -2.55. The molecule has 18 saturated carbocycles. The average Bonchev–Trinajstić information content (AvgIpc) is 4.33. The highest BCUT2D eigenvalue weighted by Gasteiger charge is 2.85. The van der Waals surface area contributed by atoms with Crippen molar-refractivity contribution in [1.29, 1.82) is 0 Å². The Hall–Kier alpha value is -0.410. The van der Waals surface area contributed by atoms with Gasteiger partial charge in [0.05, 0.1) is 40.7 Å². The third kappa shape index (κ3) is 6.22. The molecular formula is C69H103IO10. The van der Waals surface area contributed by atoms with Gasteiger partial charge in [0, 0.05) is 48.3 Å². The molecule has 10 nitrogen and oxygen atoms in total. The minimum absolute atomic E-state index is 0. The number of Topliss-reactive ketones (excluding diaryl/α,β-unsaturated/α-hetero) is 1. The lowest BCUT2D eigenvalue weighted by Gasteiger charge is -2.64. The summed E-state index contributed by atoms with van der Waals surface area (Å²) in [5.74, 6) is 13.1. The first kappa shape index (κ1) is 54.9. The molecule has 1 heterocycles. The minimum atomic E-state index is -0.663. The van der Waals surface area contributed by atoms with Crippen molar-refractivity contribution in [2.75, 3.05) is 0 Å². The van der Waals surface area contributed by atoms with Crippen LogP contribution in [0.4, 0.5) is 0 Å². The highest BCUT2D eigenvalue weighted by atomic mass is 127. The molecule has 446 valence electrons. The molecule has 9 unspecified atom stereocenters. The largest absolute Gasteiger partial charge is 0.458 e. The first-order chi connectivity index (χ1) is 37.3. The van der Waals surface area contributed by atoms with Crippen LogP contribution in [0, 0.1) is 157 Å². The van der Waals surface area contributed by atoms with Crippen LogP contribution in [0.25, 0.3) is 0 Å². The van der Waals surface area contributed by atoms with Gasteiger partial charge in [-0.3, -0.25) is 9.59 Å². The van der Waals surface area contributed by atoms with E-state index in [0.717, 1.165) is 127 Å². The Morgan fingerprint density at radius 3 is 1.34 bits per heavy atom. The second-order valence-corrected chi connectivity index (χ2v) is 35.2. The molecule has 0 amide bonds. The molecule has 18 aliphatic carbocycles. The van der Waals surface area contributed by atoms with Gasteiger partial charge in [-0.1, -0.05) is 54.9 Å². The molecule has 11 heteroatoms. The third-order valence-electron chi connectivity index (χ3n) is 33.3. The van der Waals surface area contributed by atoms with E-state index < -0.39 is 22.4 Å². The van der Waals surface area contributed by atoms with Gasteiger partial charge in [-0.15, -0.1) is 24.0 Å². The van der Waals surface area contributed by atoms with E-state index in [1.54, 1.807) is 0 Å². The number of aliphatic hydroxyl groups is 7. The Bertz CT molecular complexity index is 2670. The zero-order chi connectivity index (χ0) is 54.9. The summed E-state index contributed by atoms with van der Waals surface area (Å²) in [6, 6.07) is 0. The standard InChI is InChI=1S/C24H34O4.C24H38O3.C21H30O3.HI/c1-21-6-3-12(25)11-23(21,27)16-9-13(16)19-15(21)4-7-22(2)20(19)14-10-17(14)24(22)8-5-18(26)28-24;1-4-7-23(26)18-11-15(18)20-19-14-10-17(14)24(27)12-13(25)5-8-21(24,2)16(19)6-9-22(20,23)3;1-19-5-4-14-16(17(19)11-7-12(11)18(19)23)13-8-15(13)21(24)9-10(22)3-6-20(14,21)2;/h12-17,19-20,25,27H,3-11H2,1-2H3;13-20,25-27H,4-12H2,1-3H3;10-17,22,24H,3-9H2,1-2H3;1H/t12-,13-,14+,15?,16+,17-,19?,20?,21+,22-,23+,24-;13-,14-,15+,16?,17+,18-,19?,20?,21+,22-,23-,24+;10-,11+,12-,13-,14?,15+,16?,17?,19-,20+,21+;/m000./s1. The molecule has 0 aromatic heterocycles. The van der Waals surface area contributed by atoms with Crippen LogP contribution in [-0.4, -0.2) is 93.8 Å². The van der Waals surface area contributed by atoms with Crippen molar-refractivity contribution in [2.24, 2.45) is 157 Å². The predicted molar refractivity (Wildman–Crippen MR) is 310 cm³/mol. The van der Waals surface area contributed by atoms with E-state index >= 15 is 0 Å². The van der Waals surface area contributed by atoms with E-state index in [2.05, 4.69) is 48.5 Å². The number of halogens is 1. The van der Waals surface area contributed by atoms with Crippen LogP contribution >= 0.6 is 24.0 Å². The van der Waals surface area contributed by atoms with Gasteiger partial charge in [0.15, 0.2) is 0 Å². The van der Waals surface area contributed by atoms with Gasteiger partial charge in [0.2, 0.25) is 0 Å². The highest BCUT2D eigenvalue weighted by Crippen LogP contribution is 2.86. The molecule has 1 aliphatic heterocycles. The maximum absolute atomic E-state index is 12.9. The van der Waals surface area contributed by atoms with Crippen molar-refractivity contribution in [3.63, 3.8) is 0 Å². The number of rotatable bonds is 2. The molecule has 19 aliphatic rings. The summed E-state index contributed by atoms with van der Waals surface area (Å²) >= 11 is 0. The lowest BCUT2D eigenvalue weighted by Crippen LogP contribution is -2.65. The lowest BCUT2D eigenvalue weighted by molar-refractivity contribution is -0.237. The molecule has 80 heavy (non-hydrogen) atoms. The van der Waals surface area contributed by atoms with Crippen LogP contribution in [0.2, 0.25) is 0 Å². The first-order valence-corrected chi connectivity index (χ1v) is 34.0. The summed E-state index contributed by atoms with van der Waals surface area (Å²) < 4.78 is 6.21. The topological polar surface area (TPSA) is 185 Å². The van der Waals surface area contributed by atoms with E-state index in [4.69, 9.17) is 4.74 Å². The third-order valence-corrected chi connectivity index (χ3v) is 33.3. The quantitative estimate of drug-likeness (QED) is 0.104. The molecule has 1 spiro atoms. The lowest BCUT2D eigenvalue weighted by atomic mass is 9.42. The van der Waals surface area contributed by atoms with Crippen molar-refractivity contribution in [1.82, 2.24) is 0 Å². The van der Waals surface area contributed by atoms with E-state index in [0.29, 0.717) is 144 Å². The number of esters is 1. The van der Waals surface area contributed by atoms with E-state index in [1.807, 2.05) is 0 Å². The van der Waals surface area contributed by atoms with Gasteiger partial charge in [-0.05, 0) is 263 Å². The van der Waals surface area contributed by atoms with Gasteiger partial charge >= 0.3 is 5.97 Å². The van der Waals surface area contributed by atoms with Gasteiger partial charge < -0.3 is 40.5 Å². The fourth-order valence-electron chi connectivity index (χ4n) is 29.5. The van der Waals surface area contributed by atoms with Crippen molar-refractivity contribution in [3.8, 4) is 0 Å². The maximum Gasteiger partial charge on any atom is 0.306 e. The van der Waals surface area contributed by atoms with E-state index in [1.165, 1.54) is 19.3 Å². The zero-order valence-electron chi connectivity index (χ0n) is 49.8. The predicted octanol–water partition coefficient (Wildman–Crippen LogP) is 10.4. The summed E-state index contributed by atoms with van der Waals surface area (Å²) in [4.78, 5) is 25.1. The number of hydrogen-bond donors (Lipinski definition) is 7. The van der Waals surface area contributed by atoms with E-state index in [9.17, 15) is 45.3 Å². The molecule has 7 N–H and O–H groups in total. The fraction of sp³-hybridized carbons (Fsp3) is 0.971. The number of ether oxygens (including phenoxy) is 1. The molecule has 0 aromatic rings. The van der Waals surface area contributed by atoms with Crippen molar-refractivity contribution < 1.29 is 50.1 Å². The van der Waals surface area contributed by atoms with Crippen LogP contribution in [0.15, 0.2) is 0 Å². The molecule has 0 radical (unpaired) electrons. The van der Waals surface area contributed by atoms with Gasteiger partial charge in [0.25, 0.3) is 0 Å². The molecule has 0 bridgehead atoms. The van der Waals surface area contributed by atoms with Crippen molar-refractivity contribution in [2.45, 2.75) is 255 Å². The molecular weight excluding hydrogens is 1120 g/mol. The molecule has 1 saturated heterocycles. The second kappa shape index (κ2) is 16.5. The van der Waals surface area contributed by atoms with Crippen molar-refractivity contribution in [3.05, 3.63) is 0 Å².